The highest BCUT2D eigenvalue weighted by molar-refractivity contribution is 6.77. The number of nitrogens with one attached hydrogen (secondary N) is 1. The van der Waals surface area contributed by atoms with Crippen LogP contribution in [0.3, 0.4) is 0 Å². The Labute approximate surface area is 272 Å². The number of benzene rings is 2. The lowest BCUT2D eigenvalue weighted by atomic mass is 9.83. The molecule has 1 saturated carbocycles. The van der Waals surface area contributed by atoms with E-state index in [1.807, 2.05) is 17.0 Å². The van der Waals surface area contributed by atoms with Gasteiger partial charge in [-0.25, -0.2) is 0 Å². The van der Waals surface area contributed by atoms with Gasteiger partial charge in [-0.3, -0.25) is 19.4 Å². The molecule has 4 rings (SSSR count). The molecule has 0 aromatic heterocycles. The van der Waals surface area contributed by atoms with Gasteiger partial charge >= 0.3 is 5.97 Å². The lowest BCUT2D eigenvalue weighted by Gasteiger charge is -2.47. The average molecular weight is 659 g/mol. The first-order valence-electron chi connectivity index (χ1n) is 15.5. The van der Waals surface area contributed by atoms with Gasteiger partial charge in [0.1, 0.15) is 11.4 Å². The summed E-state index contributed by atoms with van der Waals surface area (Å²) in [6.07, 6.45) is 5.10. The van der Waals surface area contributed by atoms with Gasteiger partial charge in [0.15, 0.2) is 0 Å². The summed E-state index contributed by atoms with van der Waals surface area (Å²) in [6.45, 7) is 13.9. The van der Waals surface area contributed by atoms with Crippen LogP contribution < -0.4 is 5.32 Å². The zero-order valence-corrected chi connectivity index (χ0v) is 29.2. The van der Waals surface area contributed by atoms with Crippen LogP contribution in [0.1, 0.15) is 93.2 Å². The number of hydrogen-bond donors (Lipinski definition) is 2. The van der Waals surface area contributed by atoms with Crippen LogP contribution in [0.2, 0.25) is 35.2 Å². The molecule has 0 radical (unpaired) electrons. The molecule has 0 saturated heterocycles. The normalized spacial score (nSPS) is 21.4. The van der Waals surface area contributed by atoms with Crippen molar-refractivity contribution in [3.8, 4) is 0 Å². The summed E-state index contributed by atoms with van der Waals surface area (Å²) < 4.78 is 0. The molecule has 1 heterocycles. The predicted octanol–water partition coefficient (Wildman–Crippen LogP) is 8.38. The van der Waals surface area contributed by atoms with Gasteiger partial charge in [0.2, 0.25) is 0 Å². The van der Waals surface area contributed by atoms with Crippen molar-refractivity contribution in [2.45, 2.75) is 103 Å². The number of aliphatic imine (C=N–C) groups is 1. The maximum Gasteiger partial charge on any atom is 0.305 e. The van der Waals surface area contributed by atoms with Gasteiger partial charge in [-0.15, -0.1) is 0 Å². The van der Waals surface area contributed by atoms with Gasteiger partial charge in [0, 0.05) is 35.8 Å². The zero-order valence-electron chi connectivity index (χ0n) is 26.7. The number of carbonyl (C=O) groups is 3. The highest BCUT2D eigenvalue weighted by atomic mass is 35.5. The molecule has 1 aliphatic carbocycles. The lowest BCUT2D eigenvalue weighted by Crippen LogP contribution is -2.51. The molecule has 2 aliphatic rings. The molecule has 1 spiro atoms. The van der Waals surface area contributed by atoms with E-state index in [-0.39, 0.29) is 36.2 Å². The number of carboxylic acid groups (broad SMARTS) is 1. The number of aliphatic carboxylic acids is 1. The summed E-state index contributed by atoms with van der Waals surface area (Å²) in [7, 11) is -1.38. The van der Waals surface area contributed by atoms with E-state index in [9.17, 15) is 14.4 Å². The van der Waals surface area contributed by atoms with E-state index < -0.39 is 19.7 Å². The minimum Gasteiger partial charge on any atom is -0.481 e. The molecule has 44 heavy (non-hydrogen) atoms. The van der Waals surface area contributed by atoms with Crippen LogP contribution in [0.25, 0.3) is 0 Å². The largest absolute Gasteiger partial charge is 0.481 e. The Kier molecular flexibility index (Phi) is 10.4. The smallest absolute Gasteiger partial charge is 0.305 e. The van der Waals surface area contributed by atoms with Gasteiger partial charge in [-0.05, 0) is 85.4 Å². The summed E-state index contributed by atoms with van der Waals surface area (Å²) in [4.78, 5) is 45.4. The Morgan fingerprint density at radius 1 is 1.07 bits per heavy atom. The monoisotopic (exact) mass is 657 g/mol. The number of carboxylic acids is 1. The van der Waals surface area contributed by atoms with E-state index in [2.05, 4.69) is 45.7 Å². The molecule has 2 N–H and O–H groups in total. The first-order valence-corrected chi connectivity index (χ1v) is 19.8. The molecule has 2 amide bonds. The lowest BCUT2D eigenvalue weighted by molar-refractivity contribution is -0.137. The van der Waals surface area contributed by atoms with Crippen molar-refractivity contribution in [3.05, 3.63) is 69.2 Å². The maximum absolute atomic E-state index is 14.6. The number of nitrogens with zero attached hydrogens (tertiary/aromatic N) is 2. The first kappa shape index (κ1) is 34.2. The molecule has 0 bridgehead atoms. The number of halogens is 2. The van der Waals surface area contributed by atoms with Crippen molar-refractivity contribution in [2.75, 3.05) is 6.54 Å². The molecule has 2 aromatic carbocycles. The Morgan fingerprint density at radius 2 is 1.66 bits per heavy atom. The van der Waals surface area contributed by atoms with Crippen molar-refractivity contribution in [1.82, 2.24) is 10.2 Å². The number of carbonyl (C=O) groups excluding carboxylic acids is 2. The molecule has 1 fully saturated rings. The van der Waals surface area contributed by atoms with Gasteiger partial charge in [0.25, 0.3) is 11.8 Å². The van der Waals surface area contributed by atoms with Crippen molar-refractivity contribution < 1.29 is 19.5 Å². The van der Waals surface area contributed by atoms with E-state index in [4.69, 9.17) is 33.3 Å². The van der Waals surface area contributed by atoms with Crippen molar-refractivity contribution >= 4 is 54.8 Å². The van der Waals surface area contributed by atoms with E-state index in [0.29, 0.717) is 32.4 Å². The van der Waals surface area contributed by atoms with Crippen molar-refractivity contribution in [3.63, 3.8) is 0 Å². The second-order valence-electron chi connectivity index (χ2n) is 14.6. The van der Waals surface area contributed by atoms with Crippen molar-refractivity contribution in [1.29, 1.82) is 0 Å². The molecule has 238 valence electrons. The molecular formula is C34H45Cl2N3O4Si. The summed E-state index contributed by atoms with van der Waals surface area (Å²) in [5, 5.41) is 12.5. The second kappa shape index (κ2) is 13.4. The maximum atomic E-state index is 14.6. The fourth-order valence-electron chi connectivity index (χ4n) is 6.48. The second-order valence-corrected chi connectivity index (χ2v) is 21.0. The minimum atomic E-state index is -1.38. The highest BCUT2D eigenvalue weighted by Gasteiger charge is 2.53. The number of amides is 2. The van der Waals surface area contributed by atoms with E-state index in [1.54, 1.807) is 30.3 Å². The molecule has 2 aromatic rings. The molecular weight excluding hydrogens is 613 g/mol. The quantitative estimate of drug-likeness (QED) is 0.251. The Bertz CT molecular complexity index is 1400. The van der Waals surface area contributed by atoms with E-state index in [1.165, 1.54) is 0 Å². The standard InChI is InChI=1S/C34H45Cl2N3O4Si/c1-33(2,3)15-13-28(22-7-9-23(10-8-22)31(42)37-18-14-29(40)41)39-32(43)30(24-19-25(35)21-26(36)20-24)38-34(39)16-11-27(12-17-34)44(4,5)6/h7-10,19-21,27-28H,11-18H2,1-6H3,(H,37,42)(H,40,41). The number of hydrogen-bond acceptors (Lipinski definition) is 4. The Morgan fingerprint density at radius 3 is 2.18 bits per heavy atom. The van der Waals surface area contributed by atoms with Crippen LogP contribution in [0.5, 0.6) is 0 Å². The van der Waals surface area contributed by atoms with Gasteiger partial charge < -0.3 is 15.3 Å². The van der Waals surface area contributed by atoms with Crippen LogP contribution in [0.4, 0.5) is 0 Å². The summed E-state index contributed by atoms with van der Waals surface area (Å²) in [5.41, 5.74) is 2.44. The van der Waals surface area contributed by atoms with Gasteiger partial charge in [0.05, 0.1) is 12.5 Å². The molecule has 10 heteroatoms. The fourth-order valence-corrected chi connectivity index (χ4v) is 9.02. The first-order chi connectivity index (χ1) is 20.5. The topological polar surface area (TPSA) is 99.1 Å². The Hall–Kier alpha value is -2.68. The molecule has 1 atom stereocenters. The van der Waals surface area contributed by atoms with Gasteiger partial charge in [-0.2, -0.15) is 0 Å². The average Bonchev–Trinajstić information content (AvgIpc) is 3.19. The van der Waals surface area contributed by atoms with Gasteiger partial charge in [-0.1, -0.05) is 75.7 Å². The van der Waals surface area contributed by atoms with Crippen LogP contribution in [0, 0.1) is 5.41 Å². The third-order valence-electron chi connectivity index (χ3n) is 9.00. The molecule has 1 aliphatic heterocycles. The molecule has 7 nitrogen and oxygen atoms in total. The van der Waals surface area contributed by atoms with Crippen molar-refractivity contribution in [2.24, 2.45) is 10.4 Å². The van der Waals surface area contributed by atoms with E-state index in [0.717, 1.165) is 44.1 Å². The van der Waals surface area contributed by atoms with E-state index >= 15 is 0 Å². The summed E-state index contributed by atoms with van der Waals surface area (Å²) in [5.74, 6) is -1.41. The third kappa shape index (κ3) is 8.12. The highest BCUT2D eigenvalue weighted by Crippen LogP contribution is 2.50. The summed E-state index contributed by atoms with van der Waals surface area (Å²) in [6, 6.07) is 12.3. The van der Waals surface area contributed by atoms with Crippen LogP contribution >= 0.6 is 23.2 Å². The van der Waals surface area contributed by atoms with Crippen LogP contribution in [-0.4, -0.2) is 53.8 Å². The summed E-state index contributed by atoms with van der Waals surface area (Å²) >= 11 is 12.8. The predicted molar refractivity (Wildman–Crippen MR) is 181 cm³/mol. The molecule has 1 unspecified atom stereocenters. The Balaban J connectivity index is 1.74. The fraction of sp³-hybridized carbons (Fsp3) is 0.529. The minimum absolute atomic E-state index is 0.0395. The third-order valence-corrected chi connectivity index (χ3v) is 12.5. The zero-order chi connectivity index (χ0) is 32.4. The SMILES string of the molecule is CC(C)(C)CCC(c1ccc(C(=O)NCCC(=O)O)cc1)N1C(=O)C(c2cc(Cl)cc(Cl)c2)=NC12CCC([Si](C)(C)C)CC2. The van der Waals surface area contributed by atoms with Crippen LogP contribution in [0.15, 0.2) is 47.5 Å². The van der Waals surface area contributed by atoms with Crippen LogP contribution in [-0.2, 0) is 9.59 Å². The number of rotatable bonds is 10.